The normalized spacial score (nSPS) is 15.8. The smallest absolute Gasteiger partial charge is 0.356 e. The highest BCUT2D eigenvalue weighted by molar-refractivity contribution is 5.60. The van der Waals surface area contributed by atoms with E-state index in [9.17, 15) is 13.2 Å². The van der Waals surface area contributed by atoms with Crippen molar-refractivity contribution >= 4 is 17.5 Å². The zero-order chi connectivity index (χ0) is 17.9. The summed E-state index contributed by atoms with van der Waals surface area (Å²) >= 11 is 0. The predicted molar refractivity (Wildman–Crippen MR) is 92.2 cm³/mol. The van der Waals surface area contributed by atoms with Crippen LogP contribution >= 0.6 is 0 Å². The first-order valence-electron chi connectivity index (χ1n) is 8.47. The van der Waals surface area contributed by atoms with Crippen molar-refractivity contribution in [2.24, 2.45) is 0 Å². The summed E-state index contributed by atoms with van der Waals surface area (Å²) in [5.74, 6) is 0.956. The standard InChI is InChI=1S/C18H21F3N4/c1-13-12-16(25-10-6-2-3-7-11-25)24-17(22-13)23-15-9-5-4-8-14(15)18(19,20)21/h4-5,8-9,12H,2-3,6-7,10-11H2,1H3,(H,22,23,24). The third-order valence-corrected chi connectivity index (χ3v) is 4.25. The number of nitrogens with zero attached hydrogens (tertiary/aromatic N) is 3. The van der Waals surface area contributed by atoms with Crippen LogP contribution in [-0.2, 0) is 6.18 Å². The minimum Gasteiger partial charge on any atom is -0.356 e. The highest BCUT2D eigenvalue weighted by Crippen LogP contribution is 2.35. The molecule has 134 valence electrons. The van der Waals surface area contributed by atoms with E-state index in [1.165, 1.54) is 25.0 Å². The van der Waals surface area contributed by atoms with Crippen LogP contribution in [0.3, 0.4) is 0 Å². The molecule has 0 radical (unpaired) electrons. The molecule has 3 rings (SSSR count). The quantitative estimate of drug-likeness (QED) is 0.852. The number of hydrogen-bond acceptors (Lipinski definition) is 4. The van der Waals surface area contributed by atoms with E-state index in [0.717, 1.165) is 43.5 Å². The van der Waals surface area contributed by atoms with E-state index in [1.807, 2.05) is 13.0 Å². The second kappa shape index (κ2) is 7.29. The lowest BCUT2D eigenvalue weighted by atomic mass is 10.1. The molecule has 7 heteroatoms. The van der Waals surface area contributed by atoms with Gasteiger partial charge in [-0.1, -0.05) is 25.0 Å². The molecule has 4 nitrogen and oxygen atoms in total. The molecule has 0 spiro atoms. The molecule has 0 amide bonds. The first-order chi connectivity index (χ1) is 11.9. The molecule has 1 fully saturated rings. The Morgan fingerprint density at radius 2 is 1.68 bits per heavy atom. The van der Waals surface area contributed by atoms with Gasteiger partial charge in [-0.3, -0.25) is 0 Å². The largest absolute Gasteiger partial charge is 0.418 e. The topological polar surface area (TPSA) is 41.1 Å². The van der Waals surface area contributed by atoms with Crippen molar-refractivity contribution in [2.45, 2.75) is 38.8 Å². The Morgan fingerprint density at radius 1 is 1.00 bits per heavy atom. The van der Waals surface area contributed by atoms with Crippen LogP contribution in [0, 0.1) is 6.92 Å². The third kappa shape index (κ3) is 4.41. The van der Waals surface area contributed by atoms with Gasteiger partial charge >= 0.3 is 6.18 Å². The summed E-state index contributed by atoms with van der Waals surface area (Å²) in [6, 6.07) is 7.25. The van der Waals surface area contributed by atoms with Crippen molar-refractivity contribution < 1.29 is 13.2 Å². The van der Waals surface area contributed by atoms with E-state index in [-0.39, 0.29) is 11.6 Å². The minimum absolute atomic E-state index is 0.0394. The number of aryl methyl sites for hydroxylation is 1. The molecule has 25 heavy (non-hydrogen) atoms. The van der Waals surface area contributed by atoms with Gasteiger partial charge in [-0.15, -0.1) is 0 Å². The number of nitrogens with one attached hydrogen (secondary N) is 1. The fourth-order valence-electron chi connectivity index (χ4n) is 3.03. The number of anilines is 3. The Morgan fingerprint density at radius 3 is 2.36 bits per heavy atom. The number of rotatable bonds is 3. The Kier molecular flexibility index (Phi) is 5.11. The SMILES string of the molecule is Cc1cc(N2CCCCCC2)nc(Nc2ccccc2C(F)(F)F)n1. The van der Waals surface area contributed by atoms with Gasteiger partial charge in [0.25, 0.3) is 0 Å². The molecule has 1 aliphatic heterocycles. The van der Waals surface area contributed by atoms with Crippen LogP contribution in [0.5, 0.6) is 0 Å². The molecule has 1 aromatic carbocycles. The van der Waals surface area contributed by atoms with Gasteiger partial charge in [0.1, 0.15) is 5.82 Å². The lowest BCUT2D eigenvalue weighted by molar-refractivity contribution is -0.136. The summed E-state index contributed by atoms with van der Waals surface area (Å²) in [5, 5.41) is 2.75. The molecule has 0 saturated carbocycles. The van der Waals surface area contributed by atoms with Gasteiger partial charge in [0.2, 0.25) is 5.95 Å². The van der Waals surface area contributed by atoms with Gasteiger partial charge in [-0.05, 0) is 31.9 Å². The summed E-state index contributed by atoms with van der Waals surface area (Å²) in [7, 11) is 0. The highest BCUT2D eigenvalue weighted by atomic mass is 19.4. The van der Waals surface area contributed by atoms with Crippen LogP contribution < -0.4 is 10.2 Å². The Balaban J connectivity index is 1.89. The second-order valence-electron chi connectivity index (χ2n) is 6.26. The molecule has 2 heterocycles. The summed E-state index contributed by atoms with van der Waals surface area (Å²) in [6.07, 6.45) is 0.168. The summed E-state index contributed by atoms with van der Waals surface area (Å²) < 4.78 is 39.5. The second-order valence-corrected chi connectivity index (χ2v) is 6.26. The number of benzene rings is 1. The molecule has 1 saturated heterocycles. The molecule has 1 aromatic heterocycles. The molecular weight excluding hydrogens is 329 g/mol. The van der Waals surface area contributed by atoms with Crippen molar-refractivity contribution in [2.75, 3.05) is 23.3 Å². The first kappa shape index (κ1) is 17.5. The van der Waals surface area contributed by atoms with Crippen molar-refractivity contribution in [1.82, 2.24) is 9.97 Å². The fourth-order valence-corrected chi connectivity index (χ4v) is 3.03. The maximum atomic E-state index is 13.2. The molecule has 1 aliphatic rings. The zero-order valence-corrected chi connectivity index (χ0v) is 14.1. The van der Waals surface area contributed by atoms with Crippen molar-refractivity contribution in [1.29, 1.82) is 0 Å². The minimum atomic E-state index is -4.43. The lowest BCUT2D eigenvalue weighted by Gasteiger charge is -2.22. The van der Waals surface area contributed by atoms with Crippen LogP contribution in [0.4, 0.5) is 30.6 Å². The van der Waals surface area contributed by atoms with Crippen molar-refractivity contribution in [3.63, 3.8) is 0 Å². The fraction of sp³-hybridized carbons (Fsp3) is 0.444. The van der Waals surface area contributed by atoms with Crippen LogP contribution in [0.25, 0.3) is 0 Å². The molecular formula is C18H21F3N4. The van der Waals surface area contributed by atoms with E-state index in [0.29, 0.717) is 0 Å². The van der Waals surface area contributed by atoms with Gasteiger partial charge in [0.15, 0.2) is 0 Å². The van der Waals surface area contributed by atoms with Crippen LogP contribution in [0.15, 0.2) is 30.3 Å². The van der Waals surface area contributed by atoms with E-state index in [2.05, 4.69) is 20.2 Å². The van der Waals surface area contributed by atoms with Crippen LogP contribution in [-0.4, -0.2) is 23.1 Å². The van der Waals surface area contributed by atoms with Crippen LogP contribution in [0.1, 0.15) is 36.9 Å². The average molecular weight is 350 g/mol. The number of alkyl halides is 3. The molecule has 0 aliphatic carbocycles. The number of aromatic nitrogens is 2. The Labute approximate surface area is 145 Å². The van der Waals surface area contributed by atoms with E-state index >= 15 is 0 Å². The van der Waals surface area contributed by atoms with Gasteiger partial charge in [-0.2, -0.15) is 18.2 Å². The van der Waals surface area contributed by atoms with Gasteiger partial charge in [-0.25, -0.2) is 4.98 Å². The number of hydrogen-bond donors (Lipinski definition) is 1. The van der Waals surface area contributed by atoms with Crippen molar-refractivity contribution in [3.05, 3.63) is 41.6 Å². The summed E-state index contributed by atoms with van der Waals surface area (Å²) in [6.45, 7) is 3.65. The predicted octanol–water partition coefficient (Wildman–Crippen LogP) is 4.93. The van der Waals surface area contributed by atoms with Gasteiger partial charge in [0.05, 0.1) is 11.3 Å². The van der Waals surface area contributed by atoms with Crippen LogP contribution in [0.2, 0.25) is 0 Å². The Hall–Kier alpha value is -2.31. The van der Waals surface area contributed by atoms with E-state index in [1.54, 1.807) is 6.07 Å². The zero-order valence-electron chi connectivity index (χ0n) is 14.1. The monoisotopic (exact) mass is 350 g/mol. The lowest BCUT2D eigenvalue weighted by Crippen LogP contribution is -2.25. The number of para-hydroxylation sites is 1. The number of halogens is 3. The Bertz CT molecular complexity index is 723. The van der Waals surface area contributed by atoms with Gasteiger partial charge in [0, 0.05) is 24.8 Å². The summed E-state index contributed by atoms with van der Waals surface area (Å²) in [5.41, 5.74) is -0.0416. The first-order valence-corrected chi connectivity index (χ1v) is 8.47. The van der Waals surface area contributed by atoms with E-state index < -0.39 is 11.7 Å². The third-order valence-electron chi connectivity index (χ3n) is 4.25. The summed E-state index contributed by atoms with van der Waals surface area (Å²) in [4.78, 5) is 10.9. The molecule has 1 N–H and O–H groups in total. The molecule has 0 atom stereocenters. The molecule has 0 bridgehead atoms. The highest BCUT2D eigenvalue weighted by Gasteiger charge is 2.33. The maximum absolute atomic E-state index is 13.2. The molecule has 2 aromatic rings. The average Bonchev–Trinajstić information content (AvgIpc) is 2.83. The van der Waals surface area contributed by atoms with Crippen molar-refractivity contribution in [3.8, 4) is 0 Å². The maximum Gasteiger partial charge on any atom is 0.418 e. The van der Waals surface area contributed by atoms with E-state index in [4.69, 9.17) is 0 Å². The molecule has 0 unspecified atom stereocenters. The van der Waals surface area contributed by atoms with Gasteiger partial charge < -0.3 is 10.2 Å².